The molecule has 0 aliphatic carbocycles. The number of para-hydroxylation sites is 1. The third-order valence-corrected chi connectivity index (χ3v) is 5.20. The fourth-order valence-electron chi connectivity index (χ4n) is 3.84. The summed E-state index contributed by atoms with van der Waals surface area (Å²) in [4.78, 5) is 4.93. The van der Waals surface area contributed by atoms with Crippen LogP contribution in [0.3, 0.4) is 0 Å². The normalized spacial score (nSPS) is 15.8. The van der Waals surface area contributed by atoms with Gasteiger partial charge in [-0.1, -0.05) is 24.3 Å². The van der Waals surface area contributed by atoms with Crippen LogP contribution < -0.4 is 10.6 Å². The Labute approximate surface area is 149 Å². The fraction of sp³-hybridized carbons (Fsp3) is 0.333. The number of anilines is 1. The van der Waals surface area contributed by atoms with E-state index in [1.165, 1.54) is 27.8 Å². The number of rotatable bonds is 4. The predicted molar refractivity (Wildman–Crippen MR) is 106 cm³/mol. The average Bonchev–Trinajstić information content (AvgIpc) is 3.08. The van der Waals surface area contributed by atoms with Gasteiger partial charge in [-0.15, -0.1) is 0 Å². The highest BCUT2D eigenvalue weighted by Gasteiger charge is 2.17. The maximum absolute atomic E-state index is 5.68. The summed E-state index contributed by atoms with van der Waals surface area (Å²) >= 11 is 0. The Balaban J connectivity index is 1.62. The van der Waals surface area contributed by atoms with Crippen LogP contribution >= 0.6 is 0 Å². The summed E-state index contributed by atoms with van der Waals surface area (Å²) in [6.45, 7) is 8.24. The first kappa shape index (κ1) is 16.2. The molecule has 4 rings (SSSR count). The van der Waals surface area contributed by atoms with Gasteiger partial charge in [0.1, 0.15) is 0 Å². The molecule has 0 radical (unpaired) electrons. The number of hydrogen-bond donors (Lipinski definition) is 1. The Morgan fingerprint density at radius 3 is 2.48 bits per heavy atom. The van der Waals surface area contributed by atoms with Crippen molar-refractivity contribution in [2.24, 2.45) is 5.73 Å². The molecule has 0 atom stereocenters. The molecule has 3 aromatic rings. The highest BCUT2D eigenvalue weighted by atomic mass is 15.3. The van der Waals surface area contributed by atoms with Gasteiger partial charge in [-0.2, -0.15) is 0 Å². The molecule has 0 bridgehead atoms. The van der Waals surface area contributed by atoms with Crippen LogP contribution in [-0.2, 0) is 0 Å². The number of fused-ring (bicyclic) bond motifs is 1. The Morgan fingerprint density at radius 1 is 0.920 bits per heavy atom. The number of aromatic nitrogens is 1. The molecular weight excluding hydrogens is 308 g/mol. The van der Waals surface area contributed by atoms with Crippen LogP contribution in [0.5, 0.6) is 0 Å². The summed E-state index contributed by atoms with van der Waals surface area (Å²) in [5.74, 6) is 0. The molecule has 2 aromatic carbocycles. The lowest BCUT2D eigenvalue weighted by Crippen LogP contribution is -2.47. The van der Waals surface area contributed by atoms with Crippen LogP contribution in [0.2, 0.25) is 0 Å². The van der Waals surface area contributed by atoms with Crippen molar-refractivity contribution in [1.29, 1.82) is 0 Å². The molecule has 0 unspecified atom stereocenters. The van der Waals surface area contributed by atoms with Crippen molar-refractivity contribution in [2.45, 2.75) is 6.92 Å². The van der Waals surface area contributed by atoms with Crippen molar-refractivity contribution in [3.63, 3.8) is 0 Å². The zero-order valence-corrected chi connectivity index (χ0v) is 14.9. The first-order valence-electron chi connectivity index (χ1n) is 9.11. The summed E-state index contributed by atoms with van der Waals surface area (Å²) in [5, 5.41) is 1.29. The minimum Gasteiger partial charge on any atom is -0.369 e. The van der Waals surface area contributed by atoms with Crippen molar-refractivity contribution >= 4 is 16.6 Å². The highest BCUT2D eigenvalue weighted by Crippen LogP contribution is 2.26. The lowest BCUT2D eigenvalue weighted by Gasteiger charge is -2.36. The van der Waals surface area contributed by atoms with Crippen molar-refractivity contribution in [3.05, 3.63) is 60.3 Å². The summed E-state index contributed by atoms with van der Waals surface area (Å²) in [6.07, 6.45) is 2.18. The molecule has 1 fully saturated rings. The SMILES string of the molecule is Cc1cccc2ccn(-c3cccc(N4CCN(CCN)CC4)c3)c12. The van der Waals surface area contributed by atoms with E-state index in [1.807, 2.05) is 0 Å². The van der Waals surface area contributed by atoms with Gasteiger partial charge < -0.3 is 15.2 Å². The second-order valence-corrected chi connectivity index (χ2v) is 6.84. The molecule has 1 saturated heterocycles. The van der Waals surface area contributed by atoms with E-state index < -0.39 is 0 Å². The van der Waals surface area contributed by atoms with Crippen LogP contribution in [0.4, 0.5) is 5.69 Å². The predicted octanol–water partition coefficient (Wildman–Crippen LogP) is 3.02. The minimum atomic E-state index is 0.746. The molecule has 0 saturated carbocycles. The van der Waals surface area contributed by atoms with Gasteiger partial charge in [0.25, 0.3) is 0 Å². The number of hydrogen-bond acceptors (Lipinski definition) is 3. The smallest absolute Gasteiger partial charge is 0.0557 e. The molecule has 2 N–H and O–H groups in total. The summed E-state index contributed by atoms with van der Waals surface area (Å²) < 4.78 is 2.30. The third kappa shape index (κ3) is 3.15. The van der Waals surface area contributed by atoms with E-state index in [-0.39, 0.29) is 0 Å². The highest BCUT2D eigenvalue weighted by molar-refractivity contribution is 5.85. The van der Waals surface area contributed by atoms with Gasteiger partial charge in [0.2, 0.25) is 0 Å². The van der Waals surface area contributed by atoms with Crippen molar-refractivity contribution in [1.82, 2.24) is 9.47 Å². The molecule has 1 aliphatic rings. The molecule has 0 spiro atoms. The van der Waals surface area contributed by atoms with E-state index in [9.17, 15) is 0 Å². The monoisotopic (exact) mass is 334 g/mol. The van der Waals surface area contributed by atoms with Gasteiger partial charge in [0.05, 0.1) is 5.52 Å². The lowest BCUT2D eigenvalue weighted by molar-refractivity contribution is 0.265. The number of benzene rings is 2. The van der Waals surface area contributed by atoms with Crippen LogP contribution in [0.1, 0.15) is 5.56 Å². The van der Waals surface area contributed by atoms with Gasteiger partial charge in [0.15, 0.2) is 0 Å². The summed E-state index contributed by atoms with van der Waals surface area (Å²) in [6, 6.07) is 17.6. The molecule has 0 amide bonds. The quantitative estimate of drug-likeness (QED) is 0.797. The van der Waals surface area contributed by atoms with Gasteiger partial charge in [-0.05, 0) is 36.8 Å². The Kier molecular flexibility index (Phi) is 4.47. The molecule has 130 valence electrons. The average molecular weight is 334 g/mol. The molecule has 2 heterocycles. The summed E-state index contributed by atoms with van der Waals surface area (Å²) in [7, 11) is 0. The lowest BCUT2D eigenvalue weighted by atomic mass is 10.1. The molecule has 1 aromatic heterocycles. The standard InChI is InChI=1S/C21H26N4/c1-17-4-2-5-18-8-10-25(21(17)18)20-7-3-6-19(16-20)24-14-12-23(11-9-22)13-15-24/h2-8,10,16H,9,11-15,22H2,1H3. The Hall–Kier alpha value is -2.30. The van der Waals surface area contributed by atoms with Gasteiger partial charge in [-0.3, -0.25) is 4.90 Å². The number of nitrogens with two attached hydrogens (primary N) is 1. The molecule has 25 heavy (non-hydrogen) atoms. The number of piperazine rings is 1. The van der Waals surface area contributed by atoms with Crippen molar-refractivity contribution < 1.29 is 0 Å². The van der Waals surface area contributed by atoms with E-state index in [4.69, 9.17) is 5.73 Å². The first-order valence-corrected chi connectivity index (χ1v) is 9.11. The zero-order valence-electron chi connectivity index (χ0n) is 14.9. The topological polar surface area (TPSA) is 37.4 Å². The second kappa shape index (κ2) is 6.90. The first-order chi connectivity index (χ1) is 12.3. The molecule has 1 aliphatic heterocycles. The maximum Gasteiger partial charge on any atom is 0.0557 e. The van der Waals surface area contributed by atoms with Gasteiger partial charge >= 0.3 is 0 Å². The maximum atomic E-state index is 5.68. The fourth-order valence-corrected chi connectivity index (χ4v) is 3.84. The third-order valence-electron chi connectivity index (χ3n) is 5.20. The Morgan fingerprint density at radius 2 is 1.68 bits per heavy atom. The molecule has 4 heteroatoms. The minimum absolute atomic E-state index is 0.746. The van der Waals surface area contributed by atoms with E-state index in [0.29, 0.717) is 0 Å². The summed E-state index contributed by atoms with van der Waals surface area (Å²) in [5.41, 5.74) is 10.8. The number of aryl methyl sites for hydroxylation is 1. The van der Waals surface area contributed by atoms with E-state index in [2.05, 4.69) is 76.0 Å². The van der Waals surface area contributed by atoms with Crippen LogP contribution in [0, 0.1) is 6.92 Å². The van der Waals surface area contributed by atoms with Crippen molar-refractivity contribution in [3.8, 4) is 5.69 Å². The molecule has 4 nitrogen and oxygen atoms in total. The van der Waals surface area contributed by atoms with Gasteiger partial charge in [-0.25, -0.2) is 0 Å². The van der Waals surface area contributed by atoms with E-state index >= 15 is 0 Å². The second-order valence-electron chi connectivity index (χ2n) is 6.84. The van der Waals surface area contributed by atoms with Crippen LogP contribution in [0.25, 0.3) is 16.6 Å². The zero-order chi connectivity index (χ0) is 17.2. The van der Waals surface area contributed by atoms with E-state index in [1.54, 1.807) is 0 Å². The van der Waals surface area contributed by atoms with Crippen LogP contribution in [0.15, 0.2) is 54.7 Å². The molecular formula is C21H26N4. The van der Waals surface area contributed by atoms with Crippen molar-refractivity contribution in [2.75, 3.05) is 44.2 Å². The largest absolute Gasteiger partial charge is 0.369 e. The van der Waals surface area contributed by atoms with E-state index in [0.717, 1.165) is 39.3 Å². The Bertz CT molecular complexity index is 859. The number of nitrogens with zero attached hydrogens (tertiary/aromatic N) is 3. The van der Waals surface area contributed by atoms with Gasteiger partial charge in [0, 0.05) is 62.2 Å². The van der Waals surface area contributed by atoms with Crippen LogP contribution in [-0.4, -0.2) is 48.7 Å².